The Morgan fingerprint density at radius 2 is 1.39 bits per heavy atom. The van der Waals surface area contributed by atoms with Gasteiger partial charge in [-0.3, -0.25) is 4.90 Å². The van der Waals surface area contributed by atoms with Crippen LogP contribution in [0.1, 0.15) is 60.4 Å². The van der Waals surface area contributed by atoms with Crippen LogP contribution in [0.4, 0.5) is 0 Å². The number of para-hydroxylation sites is 1. The first kappa shape index (κ1) is 20.7. The summed E-state index contributed by atoms with van der Waals surface area (Å²) in [6.45, 7) is 0. The summed E-state index contributed by atoms with van der Waals surface area (Å²) in [7, 11) is 4.54. The molecule has 2 aliphatic rings. The molecule has 168 valence electrons. The Morgan fingerprint density at radius 1 is 0.758 bits per heavy atom. The highest BCUT2D eigenvalue weighted by Crippen LogP contribution is 2.56. The van der Waals surface area contributed by atoms with Crippen LogP contribution in [0.15, 0.2) is 84.9 Å². The quantitative estimate of drug-likeness (QED) is 0.362. The van der Waals surface area contributed by atoms with Crippen LogP contribution in [0.3, 0.4) is 0 Å². The Morgan fingerprint density at radius 3 is 2.09 bits per heavy atom. The van der Waals surface area contributed by atoms with Gasteiger partial charge in [0.15, 0.2) is 0 Å². The number of benzene rings is 3. The van der Waals surface area contributed by atoms with E-state index in [1.54, 1.807) is 5.56 Å². The van der Waals surface area contributed by atoms with E-state index in [1.165, 1.54) is 59.8 Å². The summed E-state index contributed by atoms with van der Waals surface area (Å²) in [4.78, 5) is 6.42. The molecule has 1 fully saturated rings. The highest BCUT2D eigenvalue weighted by Gasteiger charge is 2.50. The van der Waals surface area contributed by atoms with Crippen LogP contribution < -0.4 is 0 Å². The lowest BCUT2D eigenvalue weighted by Crippen LogP contribution is -2.49. The molecule has 0 radical (unpaired) electrons. The lowest BCUT2D eigenvalue weighted by Gasteiger charge is -2.52. The molecule has 1 N–H and O–H groups in total. The third kappa shape index (κ3) is 3.27. The van der Waals surface area contributed by atoms with E-state index >= 15 is 0 Å². The van der Waals surface area contributed by atoms with Gasteiger partial charge in [0.05, 0.1) is 0 Å². The van der Waals surface area contributed by atoms with Crippen LogP contribution in [0, 0.1) is 0 Å². The average molecular weight is 435 g/mol. The number of aromatic nitrogens is 1. The molecule has 1 saturated carbocycles. The molecule has 1 unspecified atom stereocenters. The monoisotopic (exact) mass is 434 g/mol. The molecule has 3 aromatic carbocycles. The summed E-state index contributed by atoms with van der Waals surface area (Å²) in [5, 5.41) is 1.43. The van der Waals surface area contributed by atoms with Gasteiger partial charge >= 0.3 is 0 Å². The minimum atomic E-state index is 0.123. The molecule has 0 saturated heterocycles. The molecule has 1 spiro atoms. The van der Waals surface area contributed by atoms with Crippen molar-refractivity contribution in [2.75, 3.05) is 14.1 Å². The molecule has 2 heteroatoms. The van der Waals surface area contributed by atoms with Gasteiger partial charge in [0, 0.05) is 27.6 Å². The van der Waals surface area contributed by atoms with Gasteiger partial charge in [0.25, 0.3) is 0 Å². The zero-order chi connectivity index (χ0) is 22.5. The van der Waals surface area contributed by atoms with Gasteiger partial charge in [-0.15, -0.1) is 0 Å². The number of rotatable bonds is 3. The van der Waals surface area contributed by atoms with E-state index in [0.29, 0.717) is 5.92 Å². The maximum absolute atomic E-state index is 3.93. The normalized spacial score (nSPS) is 27.2. The first-order valence-corrected chi connectivity index (χ1v) is 12.5. The topological polar surface area (TPSA) is 19.0 Å². The van der Waals surface area contributed by atoms with Gasteiger partial charge in [-0.05, 0) is 81.3 Å². The maximum Gasteiger partial charge on any atom is 0.0459 e. The fourth-order valence-corrected chi connectivity index (χ4v) is 7.06. The number of nitrogens with one attached hydrogen (secondary N) is 1. The second kappa shape index (κ2) is 7.88. The molecule has 4 aromatic rings. The zero-order valence-electron chi connectivity index (χ0n) is 19.9. The summed E-state index contributed by atoms with van der Waals surface area (Å²) in [6, 6.07) is 31.4. The number of nitrogens with zero attached hydrogens (tertiary/aromatic N) is 1. The first-order valence-electron chi connectivity index (χ1n) is 12.5. The second-order valence-corrected chi connectivity index (χ2v) is 10.6. The van der Waals surface area contributed by atoms with Crippen LogP contribution in [-0.4, -0.2) is 24.0 Å². The Kier molecular flexibility index (Phi) is 4.96. The van der Waals surface area contributed by atoms with Gasteiger partial charge in [-0.1, -0.05) is 78.9 Å². The van der Waals surface area contributed by atoms with Crippen LogP contribution in [0.25, 0.3) is 10.9 Å². The number of hydrogen-bond acceptors (Lipinski definition) is 1. The fraction of sp³-hybridized carbons (Fsp3) is 0.355. The van der Waals surface area contributed by atoms with Crippen molar-refractivity contribution in [1.82, 2.24) is 9.88 Å². The van der Waals surface area contributed by atoms with E-state index in [1.807, 2.05) is 0 Å². The third-order valence-electron chi connectivity index (χ3n) is 8.90. The number of hydrogen-bond donors (Lipinski definition) is 1. The van der Waals surface area contributed by atoms with Crippen molar-refractivity contribution in [3.8, 4) is 0 Å². The lowest BCUT2D eigenvalue weighted by atomic mass is 9.57. The van der Waals surface area contributed by atoms with E-state index in [4.69, 9.17) is 0 Å². The highest BCUT2D eigenvalue weighted by atomic mass is 15.1. The lowest BCUT2D eigenvalue weighted by molar-refractivity contribution is 0.0556. The minimum absolute atomic E-state index is 0.123. The zero-order valence-corrected chi connectivity index (χ0v) is 19.9. The van der Waals surface area contributed by atoms with Crippen molar-refractivity contribution < 1.29 is 0 Å². The molecule has 2 nitrogen and oxygen atoms in total. The number of aromatic amines is 1. The fourth-order valence-electron chi connectivity index (χ4n) is 7.06. The van der Waals surface area contributed by atoms with E-state index in [0.717, 1.165) is 6.42 Å². The molecule has 2 aliphatic carbocycles. The van der Waals surface area contributed by atoms with Crippen LogP contribution in [0.5, 0.6) is 0 Å². The molecule has 0 amide bonds. The van der Waals surface area contributed by atoms with Crippen LogP contribution in [0.2, 0.25) is 0 Å². The van der Waals surface area contributed by atoms with Gasteiger partial charge < -0.3 is 4.98 Å². The molecule has 0 aliphatic heterocycles. The predicted molar refractivity (Wildman–Crippen MR) is 138 cm³/mol. The van der Waals surface area contributed by atoms with Crippen molar-refractivity contribution in [2.45, 2.75) is 55.4 Å². The van der Waals surface area contributed by atoms with Crippen LogP contribution in [-0.2, 0) is 17.4 Å². The van der Waals surface area contributed by atoms with E-state index in [9.17, 15) is 0 Å². The Labute approximate surface area is 197 Å². The first-order chi connectivity index (χ1) is 16.1. The van der Waals surface area contributed by atoms with Gasteiger partial charge in [0.2, 0.25) is 0 Å². The SMILES string of the molecule is CN(C)C1(c2ccccc2)CCC2(CC1)CC(c1ccccc1)Cc1c2[nH]c2ccccc12. The molecule has 6 rings (SSSR count). The van der Waals surface area contributed by atoms with Crippen LogP contribution >= 0.6 is 0 Å². The maximum atomic E-state index is 3.93. The Hall–Kier alpha value is -2.84. The van der Waals surface area contributed by atoms with Gasteiger partial charge in [0.1, 0.15) is 0 Å². The molecular weight excluding hydrogens is 400 g/mol. The van der Waals surface area contributed by atoms with Crippen molar-refractivity contribution in [3.63, 3.8) is 0 Å². The highest BCUT2D eigenvalue weighted by molar-refractivity contribution is 5.85. The number of H-pyrrole nitrogens is 1. The van der Waals surface area contributed by atoms with E-state index in [-0.39, 0.29) is 11.0 Å². The molecule has 0 bridgehead atoms. The molecule has 1 aromatic heterocycles. The summed E-state index contributed by atoms with van der Waals surface area (Å²) in [5.41, 5.74) is 7.74. The summed E-state index contributed by atoms with van der Waals surface area (Å²) in [5.74, 6) is 0.585. The minimum Gasteiger partial charge on any atom is -0.358 e. The van der Waals surface area contributed by atoms with Gasteiger partial charge in [-0.2, -0.15) is 0 Å². The summed E-state index contributed by atoms with van der Waals surface area (Å²) >= 11 is 0. The van der Waals surface area contributed by atoms with E-state index < -0.39 is 0 Å². The Bertz CT molecular complexity index is 1240. The smallest absolute Gasteiger partial charge is 0.0459 e. The molecule has 1 atom stereocenters. The van der Waals surface area contributed by atoms with Crippen molar-refractivity contribution in [3.05, 3.63) is 107 Å². The van der Waals surface area contributed by atoms with Crippen molar-refractivity contribution in [1.29, 1.82) is 0 Å². The van der Waals surface area contributed by atoms with Crippen molar-refractivity contribution in [2.24, 2.45) is 0 Å². The van der Waals surface area contributed by atoms with Gasteiger partial charge in [-0.25, -0.2) is 0 Å². The number of fused-ring (bicyclic) bond motifs is 4. The molecular formula is C31H34N2. The average Bonchev–Trinajstić information content (AvgIpc) is 3.25. The van der Waals surface area contributed by atoms with E-state index in [2.05, 4.69) is 109 Å². The largest absolute Gasteiger partial charge is 0.358 e. The summed E-state index contributed by atoms with van der Waals surface area (Å²) in [6.07, 6.45) is 7.23. The second-order valence-electron chi connectivity index (χ2n) is 10.6. The third-order valence-corrected chi connectivity index (χ3v) is 8.90. The molecule has 1 heterocycles. The Balaban J connectivity index is 1.44. The molecule has 33 heavy (non-hydrogen) atoms. The standard InChI is InChI=1S/C31H34N2/c1-33(2)31(25-13-7-4-8-14-25)19-17-30(18-20-31)22-24(23-11-5-3-6-12-23)21-27-26-15-9-10-16-28(26)32-29(27)30/h3-16,24,32H,17-22H2,1-2H3. The van der Waals surface area contributed by atoms with Crippen molar-refractivity contribution >= 4 is 10.9 Å². The predicted octanol–water partition coefficient (Wildman–Crippen LogP) is 7.17. The summed E-state index contributed by atoms with van der Waals surface area (Å²) < 4.78 is 0.